The Morgan fingerprint density at radius 2 is 1.81 bits per heavy atom. The highest BCUT2D eigenvalue weighted by atomic mass is 19.1. The van der Waals surface area contributed by atoms with Crippen molar-refractivity contribution in [3.05, 3.63) is 35.4 Å². The molecule has 90 valence electrons. The van der Waals surface area contributed by atoms with Gasteiger partial charge in [-0.3, -0.25) is 4.90 Å². The van der Waals surface area contributed by atoms with E-state index in [9.17, 15) is 8.78 Å². The minimum atomic E-state index is -0.524. The van der Waals surface area contributed by atoms with Crippen molar-refractivity contribution in [2.75, 3.05) is 27.2 Å². The smallest absolute Gasteiger partial charge is 0.126 e. The number of hydrogen-bond acceptors (Lipinski definition) is 2. The molecule has 0 spiro atoms. The topological polar surface area (TPSA) is 15.3 Å². The van der Waals surface area contributed by atoms with Crippen molar-refractivity contribution in [3.8, 4) is 0 Å². The van der Waals surface area contributed by atoms with Crippen molar-refractivity contribution >= 4 is 0 Å². The summed E-state index contributed by atoms with van der Waals surface area (Å²) in [6.07, 6.45) is 0. The van der Waals surface area contributed by atoms with Crippen molar-refractivity contribution in [1.82, 2.24) is 10.2 Å². The van der Waals surface area contributed by atoms with Gasteiger partial charge in [-0.2, -0.15) is 0 Å². The summed E-state index contributed by atoms with van der Waals surface area (Å²) in [4.78, 5) is 2.05. The highest BCUT2D eigenvalue weighted by Crippen LogP contribution is 2.20. The second kappa shape index (κ2) is 5.92. The molecule has 1 aromatic carbocycles. The van der Waals surface area contributed by atoms with E-state index < -0.39 is 11.6 Å². The third kappa shape index (κ3) is 3.54. The molecule has 0 aromatic heterocycles. The van der Waals surface area contributed by atoms with E-state index in [1.54, 1.807) is 0 Å². The molecule has 0 aliphatic heterocycles. The van der Waals surface area contributed by atoms with Crippen LogP contribution in [0.5, 0.6) is 0 Å². The third-order valence-electron chi connectivity index (χ3n) is 2.74. The Kier molecular flexibility index (Phi) is 4.83. The summed E-state index contributed by atoms with van der Waals surface area (Å²) in [6, 6.07) is 3.65. The molecule has 0 saturated heterocycles. The normalized spacial score (nSPS) is 13.1. The van der Waals surface area contributed by atoms with Crippen molar-refractivity contribution in [2.45, 2.75) is 13.0 Å². The van der Waals surface area contributed by atoms with Crippen molar-refractivity contribution in [3.63, 3.8) is 0 Å². The van der Waals surface area contributed by atoms with E-state index in [4.69, 9.17) is 0 Å². The van der Waals surface area contributed by atoms with Gasteiger partial charge in [0.15, 0.2) is 0 Å². The van der Waals surface area contributed by atoms with E-state index in [-0.39, 0.29) is 6.04 Å². The zero-order chi connectivity index (χ0) is 12.1. The highest BCUT2D eigenvalue weighted by molar-refractivity contribution is 5.20. The summed E-state index contributed by atoms with van der Waals surface area (Å²) in [5.74, 6) is -1.05. The maximum Gasteiger partial charge on any atom is 0.126 e. The number of nitrogens with one attached hydrogen (secondary N) is 1. The molecule has 0 saturated carbocycles. The van der Waals surface area contributed by atoms with Gasteiger partial charge >= 0.3 is 0 Å². The zero-order valence-corrected chi connectivity index (χ0v) is 9.93. The zero-order valence-electron chi connectivity index (χ0n) is 9.93. The Balaban J connectivity index is 2.74. The molecule has 0 bridgehead atoms. The fourth-order valence-electron chi connectivity index (χ4n) is 1.55. The van der Waals surface area contributed by atoms with Gasteiger partial charge in [0.05, 0.1) is 0 Å². The number of halogens is 2. The largest absolute Gasteiger partial charge is 0.318 e. The van der Waals surface area contributed by atoms with Gasteiger partial charge in [-0.15, -0.1) is 0 Å². The third-order valence-corrected chi connectivity index (χ3v) is 2.74. The first-order valence-corrected chi connectivity index (χ1v) is 5.35. The Morgan fingerprint density at radius 3 is 2.31 bits per heavy atom. The van der Waals surface area contributed by atoms with Crippen LogP contribution in [0.25, 0.3) is 0 Å². The summed E-state index contributed by atoms with van der Waals surface area (Å²) in [6.45, 7) is 3.61. The van der Waals surface area contributed by atoms with E-state index in [0.717, 1.165) is 19.2 Å². The van der Waals surface area contributed by atoms with Crippen LogP contribution in [0.3, 0.4) is 0 Å². The predicted octanol–water partition coefficient (Wildman–Crippen LogP) is 2.18. The predicted molar refractivity (Wildman–Crippen MR) is 61.3 cm³/mol. The molecule has 4 heteroatoms. The minimum Gasteiger partial charge on any atom is -0.318 e. The molecule has 1 atom stereocenters. The fourth-order valence-corrected chi connectivity index (χ4v) is 1.55. The lowest BCUT2D eigenvalue weighted by Crippen LogP contribution is -2.29. The van der Waals surface area contributed by atoms with Gasteiger partial charge in [-0.1, -0.05) is 0 Å². The second-order valence-corrected chi connectivity index (χ2v) is 3.96. The maximum absolute atomic E-state index is 13.0. The first-order valence-electron chi connectivity index (χ1n) is 5.35. The summed E-state index contributed by atoms with van der Waals surface area (Å²) in [5, 5.41) is 3.04. The molecular weight excluding hydrogens is 210 g/mol. The lowest BCUT2D eigenvalue weighted by atomic mass is 10.1. The van der Waals surface area contributed by atoms with Gasteiger partial charge in [-0.05, 0) is 38.7 Å². The van der Waals surface area contributed by atoms with Crippen molar-refractivity contribution in [2.24, 2.45) is 0 Å². The Hall–Kier alpha value is -1.00. The van der Waals surface area contributed by atoms with Crippen molar-refractivity contribution in [1.29, 1.82) is 0 Å². The number of benzene rings is 1. The molecule has 1 N–H and O–H groups in total. The molecule has 0 amide bonds. The Labute approximate surface area is 95.3 Å². The van der Waals surface area contributed by atoms with Crippen LogP contribution >= 0.6 is 0 Å². The Bertz CT molecular complexity index is 322. The first-order chi connectivity index (χ1) is 7.54. The average Bonchev–Trinajstić information content (AvgIpc) is 2.23. The van der Waals surface area contributed by atoms with Gasteiger partial charge in [-0.25, -0.2) is 8.78 Å². The van der Waals surface area contributed by atoms with E-state index in [0.29, 0.717) is 5.56 Å². The molecule has 0 heterocycles. The van der Waals surface area contributed by atoms with Crippen molar-refractivity contribution < 1.29 is 8.78 Å². The van der Waals surface area contributed by atoms with E-state index >= 15 is 0 Å². The summed E-state index contributed by atoms with van der Waals surface area (Å²) in [5.41, 5.74) is 0.663. The van der Waals surface area contributed by atoms with Crippen LogP contribution in [-0.4, -0.2) is 32.1 Å². The molecule has 1 unspecified atom stereocenters. The van der Waals surface area contributed by atoms with E-state index in [1.165, 1.54) is 12.1 Å². The quantitative estimate of drug-likeness (QED) is 0.831. The molecular formula is C12H18F2N2. The molecule has 1 rings (SSSR count). The molecule has 16 heavy (non-hydrogen) atoms. The molecule has 0 aliphatic rings. The lowest BCUT2D eigenvalue weighted by molar-refractivity contribution is 0.262. The molecule has 1 aromatic rings. The standard InChI is InChI=1S/C12H18F2N2/c1-9(16(3)5-4-15-2)10-6-11(13)8-12(14)7-10/h6-9,15H,4-5H2,1-3H3. The summed E-state index contributed by atoms with van der Waals surface area (Å²) in [7, 11) is 3.81. The number of rotatable bonds is 5. The van der Waals surface area contributed by atoms with Gasteiger partial charge in [0.25, 0.3) is 0 Å². The van der Waals surface area contributed by atoms with Gasteiger partial charge in [0.2, 0.25) is 0 Å². The van der Waals surface area contributed by atoms with Gasteiger partial charge in [0.1, 0.15) is 11.6 Å². The van der Waals surface area contributed by atoms with Crippen LogP contribution in [0.2, 0.25) is 0 Å². The molecule has 2 nitrogen and oxygen atoms in total. The molecule has 0 radical (unpaired) electrons. The molecule has 0 fully saturated rings. The monoisotopic (exact) mass is 228 g/mol. The SMILES string of the molecule is CNCCN(C)C(C)c1cc(F)cc(F)c1. The van der Waals surface area contributed by atoms with Crippen LogP contribution in [0.1, 0.15) is 18.5 Å². The van der Waals surface area contributed by atoms with E-state index in [1.807, 2.05) is 25.9 Å². The molecule has 0 aliphatic carbocycles. The highest BCUT2D eigenvalue weighted by Gasteiger charge is 2.12. The van der Waals surface area contributed by atoms with Crippen LogP contribution < -0.4 is 5.32 Å². The van der Waals surface area contributed by atoms with Crippen LogP contribution in [-0.2, 0) is 0 Å². The fraction of sp³-hybridized carbons (Fsp3) is 0.500. The lowest BCUT2D eigenvalue weighted by Gasteiger charge is -2.25. The average molecular weight is 228 g/mol. The first kappa shape index (κ1) is 13.1. The number of hydrogen-bond donors (Lipinski definition) is 1. The Morgan fingerprint density at radius 1 is 1.25 bits per heavy atom. The van der Waals surface area contributed by atoms with Crippen LogP contribution in [0.4, 0.5) is 8.78 Å². The second-order valence-electron chi connectivity index (χ2n) is 3.96. The van der Waals surface area contributed by atoms with Gasteiger partial charge in [0, 0.05) is 25.2 Å². The number of likely N-dealkylation sites (N-methyl/N-ethyl adjacent to an activating group) is 2. The summed E-state index contributed by atoms with van der Waals surface area (Å²) < 4.78 is 26.1. The van der Waals surface area contributed by atoms with E-state index in [2.05, 4.69) is 5.32 Å². The maximum atomic E-state index is 13.0. The minimum absolute atomic E-state index is 0.00134. The summed E-state index contributed by atoms with van der Waals surface area (Å²) >= 11 is 0. The van der Waals surface area contributed by atoms with Gasteiger partial charge < -0.3 is 5.32 Å². The van der Waals surface area contributed by atoms with Crippen LogP contribution in [0.15, 0.2) is 18.2 Å². The van der Waals surface area contributed by atoms with Crippen LogP contribution in [0, 0.1) is 11.6 Å². The number of nitrogens with zero attached hydrogens (tertiary/aromatic N) is 1.